The van der Waals surface area contributed by atoms with E-state index in [-0.39, 0.29) is 18.1 Å². The van der Waals surface area contributed by atoms with E-state index in [9.17, 15) is 4.79 Å². The summed E-state index contributed by atoms with van der Waals surface area (Å²) < 4.78 is 10.5. The van der Waals surface area contributed by atoms with Gasteiger partial charge in [-0.2, -0.15) is 0 Å². The van der Waals surface area contributed by atoms with Gasteiger partial charge in [0, 0.05) is 5.56 Å². The minimum atomic E-state index is -0.208. The van der Waals surface area contributed by atoms with Gasteiger partial charge >= 0.3 is 5.97 Å². The number of esters is 1. The van der Waals surface area contributed by atoms with Gasteiger partial charge in [-0.3, -0.25) is 4.79 Å². The first-order chi connectivity index (χ1) is 8.52. The summed E-state index contributed by atoms with van der Waals surface area (Å²) in [6, 6.07) is 7.60. The zero-order valence-electron chi connectivity index (χ0n) is 11.3. The van der Waals surface area contributed by atoms with E-state index in [1.165, 1.54) is 0 Å². The molecule has 1 aromatic rings. The molecule has 0 radical (unpaired) electrons. The molecule has 4 heteroatoms. The zero-order valence-corrected chi connectivity index (χ0v) is 11.3. The topological polar surface area (TPSA) is 63.2 Å². The molecule has 0 heterocycles. The molecule has 0 fully saturated rings. The second kappa shape index (κ2) is 7.01. The number of rotatable bonds is 6. The van der Waals surface area contributed by atoms with Gasteiger partial charge in [0.2, 0.25) is 0 Å². The average molecular weight is 252 g/mol. The third-order valence-corrected chi connectivity index (χ3v) is 2.44. The number of hydrogen-bond acceptors (Lipinski definition) is 3. The van der Waals surface area contributed by atoms with Crippen molar-refractivity contribution in [3.05, 3.63) is 29.8 Å². The summed E-state index contributed by atoms with van der Waals surface area (Å²) in [5.41, 5.74) is 4.99. The molecule has 0 aliphatic carbocycles. The van der Waals surface area contributed by atoms with E-state index < -0.39 is 0 Å². The van der Waals surface area contributed by atoms with E-state index in [2.05, 4.69) is 5.73 Å². The van der Waals surface area contributed by atoms with Crippen LogP contribution < -0.4 is 10.5 Å². The third-order valence-electron chi connectivity index (χ3n) is 2.44. The maximum absolute atomic E-state index is 11.4. The molecular formula is C14H22NO3+. The van der Waals surface area contributed by atoms with Gasteiger partial charge < -0.3 is 15.2 Å². The lowest BCUT2D eigenvalue weighted by atomic mass is 10.0. The lowest BCUT2D eigenvalue weighted by Gasteiger charge is -2.12. The van der Waals surface area contributed by atoms with Crippen molar-refractivity contribution >= 4 is 5.97 Å². The Kier molecular flexibility index (Phi) is 5.65. The van der Waals surface area contributed by atoms with Crippen LogP contribution in [0.25, 0.3) is 0 Å². The molecule has 0 spiro atoms. The van der Waals surface area contributed by atoms with Crippen LogP contribution in [0.4, 0.5) is 0 Å². The highest BCUT2D eigenvalue weighted by molar-refractivity contribution is 5.70. The Bertz CT molecular complexity index is 373. The van der Waals surface area contributed by atoms with E-state index in [0.29, 0.717) is 13.0 Å². The molecule has 0 aliphatic heterocycles. The molecule has 0 aliphatic rings. The molecule has 4 nitrogen and oxygen atoms in total. The molecular weight excluding hydrogens is 230 g/mol. The normalized spacial score (nSPS) is 12.3. The lowest BCUT2D eigenvalue weighted by Crippen LogP contribution is -2.54. The van der Waals surface area contributed by atoms with Crippen LogP contribution >= 0.6 is 0 Å². The highest BCUT2D eigenvalue weighted by Crippen LogP contribution is 2.18. The van der Waals surface area contributed by atoms with E-state index in [1.807, 2.05) is 38.1 Å². The summed E-state index contributed by atoms with van der Waals surface area (Å²) in [5.74, 6) is 0.622. The molecule has 1 atom stereocenters. The lowest BCUT2D eigenvalue weighted by molar-refractivity contribution is -0.425. The predicted octanol–water partition coefficient (Wildman–Crippen LogP) is 1.71. The van der Waals surface area contributed by atoms with Crippen LogP contribution in [0, 0.1) is 0 Å². The fraction of sp³-hybridized carbons (Fsp3) is 0.500. The Morgan fingerprint density at radius 1 is 1.28 bits per heavy atom. The number of quaternary nitrogens is 1. The van der Waals surface area contributed by atoms with E-state index in [0.717, 1.165) is 11.3 Å². The van der Waals surface area contributed by atoms with Gasteiger partial charge in [0.05, 0.1) is 12.7 Å². The maximum atomic E-state index is 11.4. The minimum absolute atomic E-state index is 0.0860. The molecule has 3 N–H and O–H groups in total. The van der Waals surface area contributed by atoms with Gasteiger partial charge in [-0.1, -0.05) is 0 Å². The Morgan fingerprint density at radius 3 is 2.39 bits per heavy atom. The van der Waals surface area contributed by atoms with Crippen LogP contribution in [0.5, 0.6) is 5.75 Å². The van der Waals surface area contributed by atoms with E-state index in [1.54, 1.807) is 6.92 Å². The highest BCUT2D eigenvalue weighted by Gasteiger charge is 2.15. The van der Waals surface area contributed by atoms with Crippen LogP contribution in [0.15, 0.2) is 24.3 Å². The average Bonchev–Trinajstić information content (AvgIpc) is 2.29. The molecule has 0 aromatic heterocycles. The van der Waals surface area contributed by atoms with Crippen LogP contribution in [0.2, 0.25) is 0 Å². The number of ether oxygens (including phenoxy) is 2. The predicted molar refractivity (Wildman–Crippen MR) is 69.1 cm³/mol. The second-order valence-electron chi connectivity index (χ2n) is 4.44. The summed E-state index contributed by atoms with van der Waals surface area (Å²) in [4.78, 5) is 11.4. The van der Waals surface area contributed by atoms with Crippen LogP contribution in [-0.4, -0.2) is 18.7 Å². The van der Waals surface area contributed by atoms with Crippen molar-refractivity contribution in [3.63, 3.8) is 0 Å². The summed E-state index contributed by atoms with van der Waals surface area (Å²) >= 11 is 0. The largest absolute Gasteiger partial charge is 0.491 e. The maximum Gasteiger partial charge on any atom is 0.312 e. The van der Waals surface area contributed by atoms with Crippen molar-refractivity contribution in [3.8, 4) is 5.75 Å². The van der Waals surface area contributed by atoms with Crippen LogP contribution in [0.3, 0.4) is 0 Å². The van der Waals surface area contributed by atoms with Crippen molar-refractivity contribution in [1.29, 1.82) is 0 Å². The molecule has 0 saturated heterocycles. The monoisotopic (exact) mass is 252 g/mol. The van der Waals surface area contributed by atoms with Crippen molar-refractivity contribution in [2.24, 2.45) is 0 Å². The first-order valence-corrected chi connectivity index (χ1v) is 6.28. The molecule has 0 amide bonds. The second-order valence-corrected chi connectivity index (χ2v) is 4.44. The summed E-state index contributed by atoms with van der Waals surface area (Å²) in [6.45, 7) is 6.18. The van der Waals surface area contributed by atoms with Crippen LogP contribution in [0.1, 0.15) is 38.8 Å². The van der Waals surface area contributed by atoms with Gasteiger partial charge in [0.25, 0.3) is 0 Å². The number of benzene rings is 1. The highest BCUT2D eigenvalue weighted by atomic mass is 16.5. The summed E-state index contributed by atoms with van der Waals surface area (Å²) in [5, 5.41) is 0. The fourth-order valence-electron chi connectivity index (χ4n) is 1.63. The van der Waals surface area contributed by atoms with Gasteiger partial charge in [-0.15, -0.1) is 0 Å². The molecule has 0 saturated carbocycles. The first-order valence-electron chi connectivity index (χ1n) is 6.28. The smallest absolute Gasteiger partial charge is 0.312 e. The van der Waals surface area contributed by atoms with Crippen molar-refractivity contribution in [1.82, 2.24) is 0 Å². The van der Waals surface area contributed by atoms with Gasteiger partial charge in [0.1, 0.15) is 18.2 Å². The number of carbonyl (C=O) groups excluding carboxylic acids is 1. The quantitative estimate of drug-likeness (QED) is 0.784. The summed E-state index contributed by atoms with van der Waals surface area (Å²) in [6.07, 6.45) is 0.462. The zero-order chi connectivity index (χ0) is 13.5. The third kappa shape index (κ3) is 4.75. The first kappa shape index (κ1) is 14.5. The standard InChI is InChI=1S/C14H21NO3/c1-4-17-14(16)9-13(15)11-5-7-12(8-6-11)18-10(2)3/h5-8,10,13H,4,9,15H2,1-3H3/p+1. The number of carbonyl (C=O) groups is 1. The molecule has 1 aromatic carbocycles. The van der Waals surface area contributed by atoms with Gasteiger partial charge in [0.15, 0.2) is 0 Å². The Balaban J connectivity index is 2.58. The molecule has 0 bridgehead atoms. The Hall–Kier alpha value is -1.55. The minimum Gasteiger partial charge on any atom is -0.491 e. The fourth-order valence-corrected chi connectivity index (χ4v) is 1.63. The van der Waals surface area contributed by atoms with E-state index in [4.69, 9.17) is 9.47 Å². The molecule has 1 rings (SSSR count). The number of hydrogen-bond donors (Lipinski definition) is 1. The van der Waals surface area contributed by atoms with Gasteiger partial charge in [-0.05, 0) is 45.0 Å². The van der Waals surface area contributed by atoms with Crippen molar-refractivity contribution in [2.45, 2.75) is 39.3 Å². The van der Waals surface area contributed by atoms with Crippen molar-refractivity contribution < 1.29 is 20.0 Å². The molecule has 100 valence electrons. The van der Waals surface area contributed by atoms with Gasteiger partial charge in [-0.25, -0.2) is 0 Å². The van der Waals surface area contributed by atoms with Crippen LogP contribution in [-0.2, 0) is 9.53 Å². The Morgan fingerprint density at radius 2 is 1.89 bits per heavy atom. The Labute approximate surface area is 108 Å². The molecule has 1 unspecified atom stereocenters. The SMILES string of the molecule is CCOC(=O)CC([NH3+])c1ccc(OC(C)C)cc1. The van der Waals surface area contributed by atoms with E-state index >= 15 is 0 Å². The van der Waals surface area contributed by atoms with Crippen molar-refractivity contribution in [2.75, 3.05) is 6.61 Å². The summed E-state index contributed by atoms with van der Waals surface area (Å²) in [7, 11) is 0. The molecule has 18 heavy (non-hydrogen) atoms.